The molecule has 88 valence electrons. The molecule has 0 spiro atoms. The van der Waals surface area contributed by atoms with E-state index in [1.807, 2.05) is 36.9 Å². The Morgan fingerprint density at radius 3 is 2.44 bits per heavy atom. The van der Waals surface area contributed by atoms with E-state index in [1.54, 1.807) is 0 Å². The number of benzene rings is 1. The number of unbranched alkanes of at least 4 members (excludes halogenated alkanes) is 1. The molecule has 1 aromatic rings. The van der Waals surface area contributed by atoms with E-state index in [0.29, 0.717) is 0 Å². The van der Waals surface area contributed by atoms with Crippen LogP contribution in [0.2, 0.25) is 12.6 Å². The molecule has 0 heterocycles. The fourth-order valence-electron chi connectivity index (χ4n) is 1.78. The van der Waals surface area contributed by atoms with Gasteiger partial charge < -0.3 is 4.80 Å². The first-order chi connectivity index (χ1) is 7.52. The predicted molar refractivity (Wildman–Crippen MR) is 73.4 cm³/mol. The lowest BCUT2D eigenvalue weighted by Gasteiger charge is -2.20. The van der Waals surface area contributed by atoms with Crippen molar-refractivity contribution in [2.24, 2.45) is 0 Å². The van der Waals surface area contributed by atoms with Gasteiger partial charge in [-0.05, 0) is 44.5 Å². The first-order valence-corrected chi connectivity index (χ1v) is 8.59. The number of allylic oxidation sites excluding steroid dienone is 2. The summed E-state index contributed by atoms with van der Waals surface area (Å²) in [7, 11) is -2.18. The largest absolute Gasteiger partial charge is 0.428 e. The normalized spacial score (nSPS) is 14.2. The number of hydrogen-bond donors (Lipinski definition) is 1. The molecule has 0 aliphatic carbocycles. The summed E-state index contributed by atoms with van der Waals surface area (Å²) in [6, 6.07) is 11.1. The van der Waals surface area contributed by atoms with Crippen LogP contribution < -0.4 is 5.19 Å². The number of rotatable bonds is 5. The Morgan fingerprint density at radius 2 is 1.88 bits per heavy atom. The molecule has 16 heavy (non-hydrogen) atoms. The monoisotopic (exact) mass is 234 g/mol. The molecule has 2 heteroatoms. The minimum absolute atomic E-state index is 0.945. The molecular weight excluding hydrogens is 212 g/mol. The van der Waals surface area contributed by atoms with E-state index in [0.717, 1.165) is 24.1 Å². The van der Waals surface area contributed by atoms with Crippen molar-refractivity contribution in [3.05, 3.63) is 42.0 Å². The molecule has 0 saturated heterocycles. The Hall–Kier alpha value is -0.863. The van der Waals surface area contributed by atoms with Gasteiger partial charge in [0.2, 0.25) is 8.32 Å². The smallest absolute Gasteiger partial charge is 0.217 e. The molecule has 0 saturated carbocycles. The summed E-state index contributed by atoms with van der Waals surface area (Å²) in [4.78, 5) is 10.5. The quantitative estimate of drug-likeness (QED) is 0.471. The van der Waals surface area contributed by atoms with Crippen LogP contribution in [0, 0.1) is 0 Å². The lowest BCUT2D eigenvalue weighted by atomic mass is 10.2. The van der Waals surface area contributed by atoms with Crippen molar-refractivity contribution in [2.75, 3.05) is 0 Å². The Bertz CT molecular complexity index is 337. The third-order valence-corrected chi connectivity index (χ3v) is 5.72. The Labute approximate surface area is 100.0 Å². The standard InChI is InChI=1S/C14H22OSi/c1-13(2)9-7-8-12-16(3,15)14-10-5-4-6-11-14/h4-6,9-11,15H,7-8,12H2,1-3H3. The molecule has 0 aromatic heterocycles. The van der Waals surface area contributed by atoms with E-state index >= 15 is 0 Å². The molecule has 1 rings (SSSR count). The lowest BCUT2D eigenvalue weighted by Crippen LogP contribution is -2.44. The molecule has 0 amide bonds. The maximum Gasteiger partial charge on any atom is 0.217 e. The second-order valence-electron chi connectivity index (χ2n) is 4.81. The van der Waals surface area contributed by atoms with Crippen molar-refractivity contribution in [3.63, 3.8) is 0 Å². The van der Waals surface area contributed by atoms with Crippen LogP contribution in [-0.4, -0.2) is 13.1 Å². The van der Waals surface area contributed by atoms with Crippen molar-refractivity contribution in [1.82, 2.24) is 0 Å². The van der Waals surface area contributed by atoms with Crippen LogP contribution in [0.1, 0.15) is 26.7 Å². The van der Waals surface area contributed by atoms with Crippen molar-refractivity contribution in [1.29, 1.82) is 0 Å². The third kappa shape index (κ3) is 4.33. The van der Waals surface area contributed by atoms with Crippen LogP contribution in [0.4, 0.5) is 0 Å². The average Bonchev–Trinajstić information content (AvgIpc) is 2.26. The van der Waals surface area contributed by atoms with Gasteiger partial charge in [0.1, 0.15) is 0 Å². The van der Waals surface area contributed by atoms with Gasteiger partial charge in [-0.15, -0.1) is 0 Å². The second-order valence-corrected chi connectivity index (χ2v) is 8.44. The highest BCUT2D eigenvalue weighted by Crippen LogP contribution is 2.12. The third-order valence-electron chi connectivity index (χ3n) is 2.82. The highest BCUT2D eigenvalue weighted by Gasteiger charge is 2.25. The van der Waals surface area contributed by atoms with Crippen LogP contribution in [0.5, 0.6) is 0 Å². The van der Waals surface area contributed by atoms with Gasteiger partial charge in [-0.3, -0.25) is 0 Å². The lowest BCUT2D eigenvalue weighted by molar-refractivity contribution is 0.552. The summed E-state index contributed by atoms with van der Waals surface area (Å²) in [6.07, 6.45) is 4.41. The minimum Gasteiger partial charge on any atom is -0.428 e. The minimum atomic E-state index is -2.18. The first-order valence-electron chi connectivity index (χ1n) is 5.93. The topological polar surface area (TPSA) is 20.2 Å². The molecule has 0 aliphatic rings. The van der Waals surface area contributed by atoms with E-state index in [1.165, 1.54) is 5.57 Å². The van der Waals surface area contributed by atoms with Gasteiger partial charge >= 0.3 is 0 Å². The number of hydrogen-bond acceptors (Lipinski definition) is 1. The average molecular weight is 234 g/mol. The van der Waals surface area contributed by atoms with Crippen molar-refractivity contribution < 1.29 is 4.80 Å². The van der Waals surface area contributed by atoms with E-state index in [9.17, 15) is 4.80 Å². The Morgan fingerprint density at radius 1 is 1.25 bits per heavy atom. The van der Waals surface area contributed by atoms with E-state index < -0.39 is 8.32 Å². The molecular formula is C14H22OSi. The summed E-state index contributed by atoms with van der Waals surface area (Å²) in [5.74, 6) is 0. The van der Waals surface area contributed by atoms with Gasteiger partial charge in [-0.1, -0.05) is 42.0 Å². The van der Waals surface area contributed by atoms with Gasteiger partial charge in [0.05, 0.1) is 0 Å². The van der Waals surface area contributed by atoms with Crippen molar-refractivity contribution >= 4 is 13.5 Å². The van der Waals surface area contributed by atoms with Crippen LogP contribution in [0.25, 0.3) is 0 Å². The molecule has 0 aliphatic heterocycles. The zero-order valence-electron chi connectivity index (χ0n) is 10.5. The van der Waals surface area contributed by atoms with E-state index in [4.69, 9.17) is 0 Å². The zero-order valence-corrected chi connectivity index (χ0v) is 11.5. The summed E-state index contributed by atoms with van der Waals surface area (Å²) < 4.78 is 0. The summed E-state index contributed by atoms with van der Waals surface area (Å²) in [6.45, 7) is 6.27. The van der Waals surface area contributed by atoms with Crippen LogP contribution in [0.15, 0.2) is 42.0 Å². The van der Waals surface area contributed by atoms with Crippen LogP contribution in [-0.2, 0) is 0 Å². The molecule has 0 bridgehead atoms. The summed E-state index contributed by atoms with van der Waals surface area (Å²) in [5.41, 5.74) is 1.36. The highest BCUT2D eigenvalue weighted by molar-refractivity contribution is 6.84. The van der Waals surface area contributed by atoms with Gasteiger partial charge in [-0.2, -0.15) is 0 Å². The first kappa shape index (κ1) is 13.2. The van der Waals surface area contributed by atoms with Crippen LogP contribution in [0.3, 0.4) is 0 Å². The van der Waals surface area contributed by atoms with E-state index in [2.05, 4.69) is 19.9 Å². The van der Waals surface area contributed by atoms with Gasteiger partial charge in [-0.25, -0.2) is 0 Å². The molecule has 1 N–H and O–H groups in total. The van der Waals surface area contributed by atoms with E-state index in [-0.39, 0.29) is 0 Å². The zero-order chi connectivity index (χ0) is 12.0. The Kier molecular flexibility index (Phi) is 4.96. The summed E-state index contributed by atoms with van der Waals surface area (Å²) >= 11 is 0. The molecule has 1 unspecified atom stereocenters. The van der Waals surface area contributed by atoms with Crippen molar-refractivity contribution in [3.8, 4) is 0 Å². The molecule has 1 nitrogen and oxygen atoms in total. The maximum atomic E-state index is 10.5. The van der Waals surface area contributed by atoms with Crippen LogP contribution >= 0.6 is 0 Å². The maximum absolute atomic E-state index is 10.5. The molecule has 0 fully saturated rings. The second kappa shape index (κ2) is 6.02. The van der Waals surface area contributed by atoms with Gasteiger partial charge in [0.15, 0.2) is 0 Å². The summed E-state index contributed by atoms with van der Waals surface area (Å²) in [5, 5.41) is 1.15. The van der Waals surface area contributed by atoms with Crippen molar-refractivity contribution in [2.45, 2.75) is 39.3 Å². The van der Waals surface area contributed by atoms with Gasteiger partial charge in [0.25, 0.3) is 0 Å². The Balaban J connectivity index is 2.50. The fourth-order valence-corrected chi connectivity index (χ4v) is 3.87. The molecule has 1 atom stereocenters. The fraction of sp³-hybridized carbons (Fsp3) is 0.429. The SMILES string of the molecule is CC(C)=CCCC[Si](C)(O)c1ccccc1. The highest BCUT2D eigenvalue weighted by atomic mass is 28.4. The predicted octanol–water partition coefficient (Wildman–Crippen LogP) is 3.21. The molecule has 0 radical (unpaired) electrons. The molecule has 1 aromatic carbocycles. The van der Waals surface area contributed by atoms with Gasteiger partial charge in [0, 0.05) is 0 Å².